The van der Waals surface area contributed by atoms with Crippen LogP contribution in [-0.4, -0.2) is 35.0 Å². The summed E-state index contributed by atoms with van der Waals surface area (Å²) in [7, 11) is 0. The third-order valence-electron chi connectivity index (χ3n) is 5.10. The minimum Gasteiger partial charge on any atom is -0.399 e. The van der Waals surface area contributed by atoms with Gasteiger partial charge in [-0.05, 0) is 36.8 Å². The van der Waals surface area contributed by atoms with Crippen LogP contribution >= 0.6 is 0 Å². The van der Waals surface area contributed by atoms with Crippen LogP contribution < -0.4 is 21.3 Å². The number of nitrogens with two attached hydrogens (primary N) is 1. The van der Waals surface area contributed by atoms with E-state index >= 15 is 0 Å². The van der Waals surface area contributed by atoms with Gasteiger partial charge in [0.15, 0.2) is 0 Å². The standard InChI is InChI=1S/C22H23N7O/c1-2-20(30)25-16-7-8-29(13-16)21-18-5-3-4-6-19(18)27-22(28-21)26-17-10-14(12-23)9-15(24)11-17/h3-6,9-11,16H,2,7-8,13,24H2,1H3,(H,25,30)(H,26,27,28)/t16-/m0/s1. The first kappa shape index (κ1) is 19.5. The summed E-state index contributed by atoms with van der Waals surface area (Å²) >= 11 is 0. The Morgan fingerprint density at radius 3 is 2.93 bits per heavy atom. The summed E-state index contributed by atoms with van der Waals surface area (Å²) < 4.78 is 0. The normalized spacial score (nSPS) is 15.7. The van der Waals surface area contributed by atoms with Crippen molar-refractivity contribution < 1.29 is 4.79 Å². The fourth-order valence-electron chi connectivity index (χ4n) is 3.67. The van der Waals surface area contributed by atoms with Gasteiger partial charge in [-0.15, -0.1) is 0 Å². The highest BCUT2D eigenvalue weighted by atomic mass is 16.1. The average Bonchev–Trinajstić information content (AvgIpc) is 3.20. The van der Waals surface area contributed by atoms with E-state index in [1.165, 1.54) is 0 Å². The maximum absolute atomic E-state index is 11.8. The van der Waals surface area contributed by atoms with Crippen molar-refractivity contribution in [3.8, 4) is 6.07 Å². The molecule has 152 valence electrons. The average molecular weight is 401 g/mol. The van der Waals surface area contributed by atoms with Gasteiger partial charge in [0.1, 0.15) is 5.82 Å². The monoisotopic (exact) mass is 401 g/mol. The van der Waals surface area contributed by atoms with Crippen LogP contribution in [0.1, 0.15) is 25.3 Å². The second kappa shape index (κ2) is 8.25. The first-order chi connectivity index (χ1) is 14.6. The molecule has 1 aliphatic heterocycles. The highest BCUT2D eigenvalue weighted by molar-refractivity contribution is 5.91. The SMILES string of the molecule is CCC(=O)N[C@H]1CCN(c2nc(Nc3cc(N)cc(C#N)c3)nc3ccccc23)C1. The lowest BCUT2D eigenvalue weighted by Gasteiger charge is -2.20. The Bertz CT molecular complexity index is 1140. The molecule has 1 saturated heterocycles. The predicted molar refractivity (Wildman–Crippen MR) is 117 cm³/mol. The fourth-order valence-corrected chi connectivity index (χ4v) is 3.67. The Morgan fingerprint density at radius 2 is 2.13 bits per heavy atom. The van der Waals surface area contributed by atoms with Crippen molar-refractivity contribution in [2.45, 2.75) is 25.8 Å². The number of aromatic nitrogens is 2. The molecule has 1 aliphatic rings. The second-order valence-corrected chi connectivity index (χ2v) is 7.32. The van der Waals surface area contributed by atoms with Gasteiger partial charge in [-0.2, -0.15) is 10.2 Å². The molecule has 2 heterocycles. The minimum atomic E-state index is 0.0618. The minimum absolute atomic E-state index is 0.0618. The van der Waals surface area contributed by atoms with Crippen molar-refractivity contribution in [1.82, 2.24) is 15.3 Å². The predicted octanol–water partition coefficient (Wildman–Crippen LogP) is 2.93. The van der Waals surface area contributed by atoms with E-state index in [4.69, 9.17) is 10.7 Å². The summed E-state index contributed by atoms with van der Waals surface area (Å²) in [5.74, 6) is 1.31. The van der Waals surface area contributed by atoms with E-state index in [-0.39, 0.29) is 11.9 Å². The van der Waals surface area contributed by atoms with Crippen LogP contribution in [0.15, 0.2) is 42.5 Å². The molecule has 0 unspecified atom stereocenters. The van der Waals surface area contributed by atoms with Crippen molar-refractivity contribution >= 4 is 40.0 Å². The van der Waals surface area contributed by atoms with Gasteiger partial charge in [0.2, 0.25) is 11.9 Å². The molecule has 0 aliphatic carbocycles. The van der Waals surface area contributed by atoms with Crippen molar-refractivity contribution in [2.24, 2.45) is 0 Å². The first-order valence-electron chi connectivity index (χ1n) is 9.94. The number of nitriles is 1. The summed E-state index contributed by atoms with van der Waals surface area (Å²) in [6.45, 7) is 3.35. The van der Waals surface area contributed by atoms with Gasteiger partial charge in [-0.1, -0.05) is 19.1 Å². The van der Waals surface area contributed by atoms with Gasteiger partial charge >= 0.3 is 0 Å². The molecule has 8 nitrogen and oxygen atoms in total. The summed E-state index contributed by atoms with van der Waals surface area (Å²) in [4.78, 5) is 23.3. The van der Waals surface area contributed by atoms with Gasteiger partial charge in [0.05, 0.1) is 17.1 Å². The number of benzene rings is 2. The quantitative estimate of drug-likeness (QED) is 0.562. The lowest BCUT2D eigenvalue weighted by Crippen LogP contribution is -2.36. The molecule has 8 heteroatoms. The van der Waals surface area contributed by atoms with Crippen LogP contribution in [0.3, 0.4) is 0 Å². The Hall–Kier alpha value is -3.86. The Morgan fingerprint density at radius 1 is 1.30 bits per heavy atom. The molecule has 1 fully saturated rings. The number of carbonyl (C=O) groups excluding carboxylic acids is 1. The van der Waals surface area contributed by atoms with Crippen LogP contribution in [0.2, 0.25) is 0 Å². The van der Waals surface area contributed by atoms with Gasteiger partial charge in [0, 0.05) is 42.3 Å². The zero-order chi connectivity index (χ0) is 21.1. The lowest BCUT2D eigenvalue weighted by atomic mass is 10.2. The summed E-state index contributed by atoms with van der Waals surface area (Å²) in [6, 6.07) is 15.1. The smallest absolute Gasteiger partial charge is 0.229 e. The number of nitrogen functional groups attached to an aromatic ring is 1. The zero-order valence-corrected chi connectivity index (χ0v) is 16.7. The molecule has 4 N–H and O–H groups in total. The van der Waals surface area contributed by atoms with Gasteiger partial charge in [-0.25, -0.2) is 4.98 Å². The second-order valence-electron chi connectivity index (χ2n) is 7.32. The van der Waals surface area contributed by atoms with Crippen LogP contribution in [0.25, 0.3) is 10.9 Å². The first-order valence-corrected chi connectivity index (χ1v) is 9.94. The Kier molecular flexibility index (Phi) is 5.35. The van der Waals surface area contributed by atoms with Crippen molar-refractivity contribution in [3.05, 3.63) is 48.0 Å². The molecule has 1 amide bonds. The highest BCUT2D eigenvalue weighted by Crippen LogP contribution is 2.29. The number of hydrogen-bond acceptors (Lipinski definition) is 7. The van der Waals surface area contributed by atoms with E-state index in [2.05, 4.69) is 26.6 Å². The van der Waals surface area contributed by atoms with E-state index in [0.29, 0.717) is 35.9 Å². The van der Waals surface area contributed by atoms with Gasteiger partial charge in [-0.3, -0.25) is 4.79 Å². The third kappa shape index (κ3) is 4.10. The van der Waals surface area contributed by atoms with Crippen LogP contribution in [-0.2, 0) is 4.79 Å². The molecule has 4 rings (SSSR count). The number of anilines is 4. The fraction of sp³-hybridized carbons (Fsp3) is 0.273. The van der Waals surface area contributed by atoms with E-state index in [9.17, 15) is 10.1 Å². The number of nitrogens with zero attached hydrogens (tertiary/aromatic N) is 4. The topological polar surface area (TPSA) is 120 Å². The molecule has 0 bridgehead atoms. The Balaban J connectivity index is 1.66. The number of amides is 1. The molecule has 2 aromatic carbocycles. The summed E-state index contributed by atoms with van der Waals surface area (Å²) in [5.41, 5.74) is 8.33. The summed E-state index contributed by atoms with van der Waals surface area (Å²) in [6.07, 6.45) is 1.35. The number of carbonyl (C=O) groups is 1. The molecule has 3 aromatic rings. The number of nitrogens with one attached hydrogen (secondary N) is 2. The summed E-state index contributed by atoms with van der Waals surface area (Å²) in [5, 5.41) is 16.4. The Labute approximate surface area is 174 Å². The third-order valence-corrected chi connectivity index (χ3v) is 5.10. The van der Waals surface area contributed by atoms with Crippen molar-refractivity contribution in [2.75, 3.05) is 29.0 Å². The van der Waals surface area contributed by atoms with E-state index in [1.807, 2.05) is 31.2 Å². The molecular weight excluding hydrogens is 378 g/mol. The van der Waals surface area contributed by atoms with Crippen LogP contribution in [0.4, 0.5) is 23.1 Å². The molecule has 1 aromatic heterocycles. The van der Waals surface area contributed by atoms with Crippen molar-refractivity contribution in [1.29, 1.82) is 5.26 Å². The number of hydrogen-bond donors (Lipinski definition) is 3. The van der Waals surface area contributed by atoms with Gasteiger partial charge in [0.25, 0.3) is 0 Å². The number of para-hydroxylation sites is 1. The molecular formula is C22H23N7O. The number of rotatable bonds is 5. The van der Waals surface area contributed by atoms with E-state index in [0.717, 1.165) is 29.7 Å². The molecule has 30 heavy (non-hydrogen) atoms. The lowest BCUT2D eigenvalue weighted by molar-refractivity contribution is -0.121. The molecule has 0 radical (unpaired) electrons. The molecule has 1 atom stereocenters. The number of fused-ring (bicyclic) bond motifs is 1. The zero-order valence-electron chi connectivity index (χ0n) is 16.7. The molecule has 0 spiro atoms. The van der Waals surface area contributed by atoms with E-state index < -0.39 is 0 Å². The van der Waals surface area contributed by atoms with Crippen LogP contribution in [0, 0.1) is 11.3 Å². The van der Waals surface area contributed by atoms with E-state index in [1.54, 1.807) is 18.2 Å². The highest BCUT2D eigenvalue weighted by Gasteiger charge is 2.26. The van der Waals surface area contributed by atoms with Crippen molar-refractivity contribution in [3.63, 3.8) is 0 Å². The van der Waals surface area contributed by atoms with Gasteiger partial charge < -0.3 is 21.3 Å². The molecule has 0 saturated carbocycles. The van der Waals surface area contributed by atoms with Crippen LogP contribution in [0.5, 0.6) is 0 Å². The maximum atomic E-state index is 11.8. The maximum Gasteiger partial charge on any atom is 0.229 e. The largest absolute Gasteiger partial charge is 0.399 e.